The Kier molecular flexibility index (Phi) is 5.52. The molecule has 1 atom stereocenters. The van der Waals surface area contributed by atoms with E-state index < -0.39 is 16.1 Å². The monoisotopic (exact) mass is 319 g/mol. The average Bonchev–Trinajstić information content (AvgIpc) is 2.36. The Hall–Kier alpha value is -1.15. The van der Waals surface area contributed by atoms with Crippen LogP contribution in [0.3, 0.4) is 0 Å². The van der Waals surface area contributed by atoms with Crippen molar-refractivity contribution in [3.05, 3.63) is 28.8 Å². The summed E-state index contributed by atoms with van der Waals surface area (Å²) < 4.78 is 26.7. The van der Waals surface area contributed by atoms with Gasteiger partial charge in [-0.15, -0.1) is 0 Å². The Bertz CT molecular complexity index is 602. The van der Waals surface area contributed by atoms with Crippen molar-refractivity contribution in [1.29, 1.82) is 0 Å². The first-order valence-electron chi connectivity index (χ1n) is 5.91. The van der Waals surface area contributed by atoms with Crippen LogP contribution >= 0.6 is 11.6 Å². The maximum Gasteiger partial charge on any atom is 0.242 e. The Balaban J connectivity index is 3.03. The van der Waals surface area contributed by atoms with Gasteiger partial charge in [-0.05, 0) is 24.6 Å². The minimum atomic E-state index is -3.86. The molecule has 3 N–H and O–H groups in total. The van der Waals surface area contributed by atoms with Crippen LogP contribution in [-0.2, 0) is 21.4 Å². The predicted octanol–water partition coefficient (Wildman–Crippen LogP) is 0.554. The number of likely N-dealkylation sites (N-methyl/N-ethyl adjacent to an activating group) is 1. The van der Waals surface area contributed by atoms with E-state index in [2.05, 4.69) is 4.72 Å². The Morgan fingerprint density at radius 2 is 2.05 bits per heavy atom. The molecule has 0 spiro atoms. The second-order valence-corrected chi connectivity index (χ2v) is 6.63. The quantitative estimate of drug-likeness (QED) is 0.829. The third kappa shape index (κ3) is 3.92. The van der Waals surface area contributed by atoms with Crippen molar-refractivity contribution in [2.45, 2.75) is 24.4 Å². The lowest BCUT2D eigenvalue weighted by Gasteiger charge is -2.18. The van der Waals surface area contributed by atoms with Crippen LogP contribution in [0.2, 0.25) is 5.02 Å². The first-order chi connectivity index (χ1) is 9.19. The molecule has 1 unspecified atom stereocenters. The van der Waals surface area contributed by atoms with Crippen molar-refractivity contribution in [3.63, 3.8) is 0 Å². The molecule has 112 valence electrons. The molecule has 8 heteroatoms. The molecule has 0 heterocycles. The number of nitrogens with two attached hydrogens (primary N) is 1. The number of carbonyl (C=O) groups is 1. The average molecular weight is 320 g/mol. The van der Waals surface area contributed by atoms with Crippen LogP contribution < -0.4 is 10.5 Å². The normalized spacial score (nSPS) is 13.1. The van der Waals surface area contributed by atoms with E-state index in [0.717, 1.165) is 5.56 Å². The van der Waals surface area contributed by atoms with E-state index in [-0.39, 0.29) is 22.4 Å². The molecular formula is C12H18ClN3O3S. The molecule has 1 rings (SSSR count). The predicted molar refractivity (Wildman–Crippen MR) is 77.8 cm³/mol. The number of amides is 1. The van der Waals surface area contributed by atoms with Crippen LogP contribution in [0.1, 0.15) is 12.5 Å². The van der Waals surface area contributed by atoms with Gasteiger partial charge in [0.05, 0.1) is 11.1 Å². The third-order valence-electron chi connectivity index (χ3n) is 2.66. The van der Waals surface area contributed by atoms with Gasteiger partial charge in [-0.25, -0.2) is 8.42 Å². The van der Waals surface area contributed by atoms with Gasteiger partial charge in [-0.3, -0.25) is 4.79 Å². The van der Waals surface area contributed by atoms with Gasteiger partial charge in [0.25, 0.3) is 0 Å². The van der Waals surface area contributed by atoms with E-state index in [4.69, 9.17) is 17.3 Å². The third-order valence-corrected chi connectivity index (χ3v) is 4.69. The molecule has 1 amide bonds. The van der Waals surface area contributed by atoms with Crippen molar-refractivity contribution in [2.24, 2.45) is 5.73 Å². The van der Waals surface area contributed by atoms with Crippen molar-refractivity contribution in [1.82, 2.24) is 9.62 Å². The zero-order valence-corrected chi connectivity index (χ0v) is 13.1. The lowest BCUT2D eigenvalue weighted by Crippen LogP contribution is -2.44. The van der Waals surface area contributed by atoms with Gasteiger partial charge in [-0.2, -0.15) is 4.72 Å². The van der Waals surface area contributed by atoms with Crippen LogP contribution in [0.4, 0.5) is 0 Å². The van der Waals surface area contributed by atoms with Crippen LogP contribution in [0.15, 0.2) is 23.1 Å². The van der Waals surface area contributed by atoms with E-state index in [1.54, 1.807) is 20.2 Å². The molecule has 6 nitrogen and oxygen atoms in total. The van der Waals surface area contributed by atoms with E-state index in [1.165, 1.54) is 24.0 Å². The summed E-state index contributed by atoms with van der Waals surface area (Å²) in [7, 11) is -0.760. The number of carbonyl (C=O) groups excluding carboxylic acids is 1. The molecule has 1 aromatic rings. The van der Waals surface area contributed by atoms with Crippen molar-refractivity contribution >= 4 is 27.5 Å². The maximum atomic E-state index is 12.2. The second-order valence-electron chi connectivity index (χ2n) is 4.54. The van der Waals surface area contributed by atoms with Crippen LogP contribution in [-0.4, -0.2) is 39.4 Å². The summed E-state index contributed by atoms with van der Waals surface area (Å²) in [5.74, 6) is -0.344. The van der Waals surface area contributed by atoms with Crippen LogP contribution in [0.25, 0.3) is 0 Å². The molecule has 0 saturated carbocycles. The lowest BCUT2D eigenvalue weighted by atomic mass is 10.2. The Labute approximate surface area is 123 Å². The first kappa shape index (κ1) is 16.9. The highest BCUT2D eigenvalue weighted by atomic mass is 35.5. The number of nitrogens with zero attached hydrogens (tertiary/aromatic N) is 1. The summed E-state index contributed by atoms with van der Waals surface area (Å²) >= 11 is 5.95. The molecule has 0 saturated heterocycles. The molecule has 20 heavy (non-hydrogen) atoms. The number of hydrogen-bond acceptors (Lipinski definition) is 4. The summed E-state index contributed by atoms with van der Waals surface area (Å²) in [6.07, 6.45) is 0. The fourth-order valence-electron chi connectivity index (χ4n) is 1.62. The lowest BCUT2D eigenvalue weighted by molar-refractivity contribution is -0.130. The number of sulfonamides is 1. The fourth-order valence-corrected chi connectivity index (χ4v) is 3.39. The number of nitrogens with one attached hydrogen (secondary N) is 1. The number of hydrogen-bond donors (Lipinski definition) is 2. The molecule has 0 aliphatic carbocycles. The molecule has 0 aromatic heterocycles. The zero-order chi connectivity index (χ0) is 15.5. The van der Waals surface area contributed by atoms with Crippen molar-refractivity contribution in [2.75, 3.05) is 14.1 Å². The van der Waals surface area contributed by atoms with E-state index in [0.29, 0.717) is 0 Å². The molecule has 0 radical (unpaired) electrons. The molecular weight excluding hydrogens is 302 g/mol. The van der Waals surface area contributed by atoms with Crippen LogP contribution in [0.5, 0.6) is 0 Å². The first-order valence-corrected chi connectivity index (χ1v) is 7.77. The standard InChI is InChI=1S/C12H18ClN3O3S/c1-8(12(17)16(2)3)15-20(18,19)11-5-4-9(7-14)6-10(11)13/h4-6,8,15H,7,14H2,1-3H3. The van der Waals surface area contributed by atoms with Gasteiger partial charge < -0.3 is 10.6 Å². The highest BCUT2D eigenvalue weighted by Gasteiger charge is 2.24. The maximum absolute atomic E-state index is 12.2. The van der Waals surface area contributed by atoms with E-state index in [9.17, 15) is 13.2 Å². The summed E-state index contributed by atoms with van der Waals surface area (Å²) in [5, 5.41) is 0.0740. The molecule has 0 fully saturated rings. The SMILES string of the molecule is CC(NS(=O)(=O)c1ccc(CN)cc1Cl)C(=O)N(C)C. The van der Waals surface area contributed by atoms with Gasteiger partial charge in [0.1, 0.15) is 4.90 Å². The van der Waals surface area contributed by atoms with Gasteiger partial charge in [0.2, 0.25) is 15.9 Å². The number of benzene rings is 1. The van der Waals surface area contributed by atoms with Gasteiger partial charge in [0, 0.05) is 20.6 Å². The van der Waals surface area contributed by atoms with Gasteiger partial charge >= 0.3 is 0 Å². The Morgan fingerprint density at radius 1 is 1.45 bits per heavy atom. The minimum Gasteiger partial charge on any atom is -0.347 e. The number of rotatable bonds is 5. The fraction of sp³-hybridized carbons (Fsp3) is 0.417. The van der Waals surface area contributed by atoms with Gasteiger partial charge in [0.15, 0.2) is 0 Å². The topological polar surface area (TPSA) is 92.5 Å². The van der Waals surface area contributed by atoms with E-state index in [1.807, 2.05) is 0 Å². The summed E-state index contributed by atoms with van der Waals surface area (Å²) in [5.41, 5.74) is 6.19. The number of halogens is 1. The summed E-state index contributed by atoms with van der Waals surface area (Å²) in [6.45, 7) is 1.74. The molecule has 0 aliphatic rings. The molecule has 1 aromatic carbocycles. The van der Waals surface area contributed by atoms with E-state index >= 15 is 0 Å². The second kappa shape index (κ2) is 6.53. The summed E-state index contributed by atoms with van der Waals surface area (Å²) in [4.78, 5) is 12.9. The minimum absolute atomic E-state index is 0.0740. The zero-order valence-electron chi connectivity index (χ0n) is 11.6. The van der Waals surface area contributed by atoms with Crippen LogP contribution in [0, 0.1) is 0 Å². The summed E-state index contributed by atoms with van der Waals surface area (Å²) in [6, 6.07) is 3.58. The van der Waals surface area contributed by atoms with Gasteiger partial charge in [-0.1, -0.05) is 17.7 Å². The smallest absolute Gasteiger partial charge is 0.242 e. The highest BCUT2D eigenvalue weighted by molar-refractivity contribution is 7.89. The highest BCUT2D eigenvalue weighted by Crippen LogP contribution is 2.22. The Morgan fingerprint density at radius 3 is 2.50 bits per heavy atom. The van der Waals surface area contributed by atoms with Crippen molar-refractivity contribution < 1.29 is 13.2 Å². The van der Waals surface area contributed by atoms with Crippen molar-refractivity contribution in [3.8, 4) is 0 Å². The largest absolute Gasteiger partial charge is 0.347 e. The molecule has 0 bridgehead atoms. The molecule has 0 aliphatic heterocycles.